The van der Waals surface area contributed by atoms with E-state index in [1.165, 1.54) is 18.2 Å². The molecular weight excluding hydrogens is 156 g/mol. The zero-order valence-electron chi connectivity index (χ0n) is 6.45. The third-order valence-electron chi connectivity index (χ3n) is 1.57. The summed E-state index contributed by atoms with van der Waals surface area (Å²) in [5.74, 6) is -0.448. The third-order valence-corrected chi connectivity index (χ3v) is 1.57. The van der Waals surface area contributed by atoms with Gasteiger partial charge in [-0.3, -0.25) is 4.79 Å². The quantitative estimate of drug-likeness (QED) is 0.575. The number of amides is 1. The monoisotopic (exact) mass is 166 g/mol. The van der Waals surface area contributed by atoms with Gasteiger partial charge in [-0.15, -0.1) is 0 Å². The molecule has 0 spiro atoms. The molecule has 1 aromatic carbocycles. The van der Waals surface area contributed by atoms with Crippen LogP contribution in [0.1, 0.15) is 15.9 Å². The molecule has 64 valence electrons. The number of carbonyl (C=O) groups excluding carboxylic acids is 1. The Kier molecular flexibility index (Phi) is 2.30. The van der Waals surface area contributed by atoms with Crippen molar-refractivity contribution >= 4 is 5.91 Å². The Morgan fingerprint density at radius 3 is 2.67 bits per heavy atom. The van der Waals surface area contributed by atoms with Crippen molar-refractivity contribution in [3.05, 3.63) is 29.3 Å². The summed E-state index contributed by atoms with van der Waals surface area (Å²) in [6.45, 7) is 0.187. The Morgan fingerprint density at radius 1 is 1.50 bits per heavy atom. The Morgan fingerprint density at radius 2 is 2.17 bits per heavy atom. The standard InChI is InChI=1S/C8H10N2O2/c9-4-5-3-6(11)1-2-7(5)8(10)12/h1-3,11H,4,9H2,(H2,10,12). The number of nitrogens with two attached hydrogens (primary N) is 2. The summed E-state index contributed by atoms with van der Waals surface area (Å²) < 4.78 is 0. The van der Waals surface area contributed by atoms with Gasteiger partial charge in [0.1, 0.15) is 5.75 Å². The van der Waals surface area contributed by atoms with Crippen LogP contribution >= 0.6 is 0 Å². The first-order valence-corrected chi connectivity index (χ1v) is 3.47. The highest BCUT2D eigenvalue weighted by atomic mass is 16.3. The molecule has 12 heavy (non-hydrogen) atoms. The van der Waals surface area contributed by atoms with Crippen LogP contribution in [0.4, 0.5) is 0 Å². The van der Waals surface area contributed by atoms with Crippen LogP contribution in [0.25, 0.3) is 0 Å². The predicted molar refractivity (Wildman–Crippen MR) is 44.5 cm³/mol. The maximum Gasteiger partial charge on any atom is 0.249 e. The second-order valence-corrected chi connectivity index (χ2v) is 2.41. The van der Waals surface area contributed by atoms with E-state index in [-0.39, 0.29) is 12.3 Å². The van der Waals surface area contributed by atoms with E-state index < -0.39 is 5.91 Å². The summed E-state index contributed by atoms with van der Waals surface area (Å²) in [6.07, 6.45) is 0. The minimum atomic E-state index is -0.532. The molecule has 0 fully saturated rings. The molecule has 0 heterocycles. The molecule has 4 heteroatoms. The predicted octanol–water partition coefficient (Wildman–Crippen LogP) is -0.0502. The van der Waals surface area contributed by atoms with E-state index in [4.69, 9.17) is 16.6 Å². The number of hydrogen-bond acceptors (Lipinski definition) is 3. The fourth-order valence-electron chi connectivity index (χ4n) is 0.989. The number of rotatable bonds is 2. The smallest absolute Gasteiger partial charge is 0.249 e. The molecule has 5 N–H and O–H groups in total. The first kappa shape index (κ1) is 8.55. The largest absolute Gasteiger partial charge is 0.508 e. The van der Waals surface area contributed by atoms with Crippen molar-refractivity contribution in [3.8, 4) is 5.75 Å². The molecule has 0 saturated heterocycles. The van der Waals surface area contributed by atoms with Gasteiger partial charge in [0.15, 0.2) is 0 Å². The van der Waals surface area contributed by atoms with E-state index in [1.54, 1.807) is 0 Å². The van der Waals surface area contributed by atoms with E-state index in [0.29, 0.717) is 11.1 Å². The van der Waals surface area contributed by atoms with Crippen molar-refractivity contribution in [1.29, 1.82) is 0 Å². The van der Waals surface area contributed by atoms with Crippen LogP contribution < -0.4 is 11.5 Å². The first-order chi connectivity index (χ1) is 5.65. The lowest BCUT2D eigenvalue weighted by atomic mass is 10.1. The number of hydrogen-bond donors (Lipinski definition) is 3. The van der Waals surface area contributed by atoms with E-state index in [2.05, 4.69) is 0 Å². The fraction of sp³-hybridized carbons (Fsp3) is 0.125. The minimum absolute atomic E-state index is 0.0838. The van der Waals surface area contributed by atoms with Crippen LogP contribution in [0, 0.1) is 0 Å². The highest BCUT2D eigenvalue weighted by molar-refractivity contribution is 5.94. The lowest BCUT2D eigenvalue weighted by Gasteiger charge is -2.03. The summed E-state index contributed by atoms with van der Waals surface area (Å²) in [4.78, 5) is 10.8. The molecule has 0 aliphatic rings. The molecule has 4 nitrogen and oxygen atoms in total. The Labute approximate surface area is 69.8 Å². The fourth-order valence-corrected chi connectivity index (χ4v) is 0.989. The molecule has 1 aromatic rings. The number of primary amides is 1. The van der Waals surface area contributed by atoms with Gasteiger partial charge in [0, 0.05) is 12.1 Å². The topological polar surface area (TPSA) is 89.3 Å². The van der Waals surface area contributed by atoms with Crippen molar-refractivity contribution in [2.75, 3.05) is 0 Å². The van der Waals surface area contributed by atoms with E-state index in [9.17, 15) is 4.79 Å². The van der Waals surface area contributed by atoms with Crippen molar-refractivity contribution in [2.24, 2.45) is 11.5 Å². The van der Waals surface area contributed by atoms with Crippen molar-refractivity contribution in [2.45, 2.75) is 6.54 Å². The average molecular weight is 166 g/mol. The van der Waals surface area contributed by atoms with Gasteiger partial charge in [-0.1, -0.05) is 0 Å². The van der Waals surface area contributed by atoms with E-state index >= 15 is 0 Å². The molecule has 0 radical (unpaired) electrons. The Hall–Kier alpha value is -1.55. The number of phenolic OH excluding ortho intramolecular Hbond substituents is 1. The van der Waals surface area contributed by atoms with Crippen LogP contribution in [-0.2, 0) is 6.54 Å². The molecule has 0 atom stereocenters. The van der Waals surface area contributed by atoms with E-state index in [0.717, 1.165) is 0 Å². The van der Waals surface area contributed by atoms with Crippen LogP contribution in [0.15, 0.2) is 18.2 Å². The zero-order chi connectivity index (χ0) is 9.14. The lowest BCUT2D eigenvalue weighted by Crippen LogP contribution is -2.15. The highest BCUT2D eigenvalue weighted by Crippen LogP contribution is 2.15. The van der Waals surface area contributed by atoms with Gasteiger partial charge >= 0.3 is 0 Å². The highest BCUT2D eigenvalue weighted by Gasteiger charge is 2.06. The molecule has 0 aliphatic heterocycles. The maximum atomic E-state index is 10.8. The van der Waals surface area contributed by atoms with Crippen LogP contribution in [0.5, 0.6) is 5.75 Å². The average Bonchev–Trinajstić information content (AvgIpc) is 2.03. The van der Waals surface area contributed by atoms with Crippen molar-refractivity contribution in [3.63, 3.8) is 0 Å². The second kappa shape index (κ2) is 3.23. The number of benzene rings is 1. The third kappa shape index (κ3) is 1.54. The van der Waals surface area contributed by atoms with Crippen LogP contribution in [-0.4, -0.2) is 11.0 Å². The summed E-state index contributed by atoms with van der Waals surface area (Å²) in [6, 6.07) is 4.29. The second-order valence-electron chi connectivity index (χ2n) is 2.41. The molecule has 0 aliphatic carbocycles. The van der Waals surface area contributed by atoms with Gasteiger partial charge in [-0.2, -0.15) is 0 Å². The molecule has 1 amide bonds. The zero-order valence-corrected chi connectivity index (χ0v) is 6.45. The van der Waals surface area contributed by atoms with Crippen LogP contribution in [0.3, 0.4) is 0 Å². The van der Waals surface area contributed by atoms with Crippen LogP contribution in [0.2, 0.25) is 0 Å². The van der Waals surface area contributed by atoms with Gasteiger partial charge < -0.3 is 16.6 Å². The Bertz CT molecular complexity index is 310. The number of aromatic hydroxyl groups is 1. The molecule has 0 saturated carbocycles. The normalized spacial score (nSPS) is 9.75. The molecule has 0 aromatic heterocycles. The number of phenols is 1. The molecule has 0 unspecified atom stereocenters. The van der Waals surface area contributed by atoms with Gasteiger partial charge in [-0.05, 0) is 23.8 Å². The lowest BCUT2D eigenvalue weighted by molar-refractivity contribution is 0.0999. The number of carbonyl (C=O) groups is 1. The summed E-state index contributed by atoms with van der Waals surface area (Å²) in [7, 11) is 0. The van der Waals surface area contributed by atoms with Gasteiger partial charge in [0.25, 0.3) is 0 Å². The van der Waals surface area contributed by atoms with Gasteiger partial charge in [0.2, 0.25) is 5.91 Å². The minimum Gasteiger partial charge on any atom is -0.508 e. The van der Waals surface area contributed by atoms with E-state index in [1.807, 2.05) is 0 Å². The van der Waals surface area contributed by atoms with Gasteiger partial charge in [-0.25, -0.2) is 0 Å². The molecule has 1 rings (SSSR count). The Balaban J connectivity index is 3.20. The summed E-state index contributed by atoms with van der Waals surface area (Å²) in [5.41, 5.74) is 11.3. The molecule has 0 bridgehead atoms. The maximum absolute atomic E-state index is 10.8. The van der Waals surface area contributed by atoms with Crippen molar-refractivity contribution in [1.82, 2.24) is 0 Å². The first-order valence-electron chi connectivity index (χ1n) is 3.47. The van der Waals surface area contributed by atoms with Gasteiger partial charge in [0.05, 0.1) is 0 Å². The summed E-state index contributed by atoms with van der Waals surface area (Å²) in [5, 5.41) is 9.04. The molecular formula is C8H10N2O2. The van der Waals surface area contributed by atoms with Crippen molar-refractivity contribution < 1.29 is 9.90 Å². The summed E-state index contributed by atoms with van der Waals surface area (Å²) >= 11 is 0. The SMILES string of the molecule is NCc1cc(O)ccc1C(N)=O.